The molecular formula is C12H17NO4. The summed E-state index contributed by atoms with van der Waals surface area (Å²) in [4.78, 5) is 15.5. The van der Waals surface area contributed by atoms with Crippen LogP contribution >= 0.6 is 0 Å². The van der Waals surface area contributed by atoms with Crippen LogP contribution in [-0.2, 0) is 14.3 Å². The summed E-state index contributed by atoms with van der Waals surface area (Å²) in [6, 6.07) is 0. The first-order valence-corrected chi connectivity index (χ1v) is 5.22. The molecule has 5 heteroatoms. The van der Waals surface area contributed by atoms with Gasteiger partial charge in [0.2, 0.25) is 5.90 Å². The number of hydrogen-bond acceptors (Lipinski definition) is 5. The molecule has 0 aromatic heterocycles. The van der Waals surface area contributed by atoms with Gasteiger partial charge in [0.1, 0.15) is 13.2 Å². The topological polar surface area (TPSA) is 68.1 Å². The van der Waals surface area contributed by atoms with E-state index in [2.05, 4.69) is 18.2 Å². The van der Waals surface area contributed by atoms with Crippen LogP contribution in [0.5, 0.6) is 0 Å². The van der Waals surface area contributed by atoms with Gasteiger partial charge in [-0.2, -0.15) is 0 Å². The summed E-state index contributed by atoms with van der Waals surface area (Å²) in [6.07, 6.45) is 0. The molecule has 5 nitrogen and oxygen atoms in total. The maximum atomic E-state index is 11.3. The molecule has 1 unspecified atom stereocenters. The molecule has 1 rings (SSSR count). The second-order valence-corrected chi connectivity index (χ2v) is 4.22. The largest absolute Gasteiger partial charge is 0.475 e. The second-order valence-electron chi connectivity index (χ2n) is 4.22. The second kappa shape index (κ2) is 5.14. The highest BCUT2D eigenvalue weighted by atomic mass is 16.5. The lowest BCUT2D eigenvalue weighted by Crippen LogP contribution is -2.39. The molecule has 0 saturated carbocycles. The average Bonchev–Trinajstić information content (AvgIpc) is 2.71. The lowest BCUT2D eigenvalue weighted by Gasteiger charge is -2.20. The zero-order valence-corrected chi connectivity index (χ0v) is 10.2. The first-order valence-electron chi connectivity index (χ1n) is 5.22. The number of esters is 1. The first kappa shape index (κ1) is 13.4. The molecule has 0 saturated heterocycles. The Morgan fingerprint density at radius 1 is 1.59 bits per heavy atom. The van der Waals surface area contributed by atoms with Crippen molar-refractivity contribution in [2.24, 2.45) is 4.99 Å². The average molecular weight is 239 g/mol. The van der Waals surface area contributed by atoms with E-state index < -0.39 is 11.5 Å². The zero-order valence-electron chi connectivity index (χ0n) is 10.2. The molecular weight excluding hydrogens is 222 g/mol. The molecule has 94 valence electrons. The molecule has 1 N–H and O–H groups in total. The van der Waals surface area contributed by atoms with E-state index in [0.29, 0.717) is 17.0 Å². The zero-order chi connectivity index (χ0) is 13.1. The number of rotatable bonds is 5. The Hall–Kier alpha value is -1.62. The maximum Gasteiger partial charge on any atom is 0.333 e. The van der Waals surface area contributed by atoms with Crippen LogP contribution in [0.25, 0.3) is 0 Å². The highest BCUT2D eigenvalue weighted by molar-refractivity contribution is 5.93. The molecule has 0 aliphatic carbocycles. The Kier molecular flexibility index (Phi) is 4.07. The van der Waals surface area contributed by atoms with Crippen LogP contribution in [0.4, 0.5) is 0 Å². The highest BCUT2D eigenvalue weighted by Gasteiger charge is 2.38. The first-order chi connectivity index (χ1) is 7.90. The van der Waals surface area contributed by atoms with E-state index in [-0.39, 0.29) is 19.8 Å². The van der Waals surface area contributed by atoms with Crippen LogP contribution in [0.15, 0.2) is 29.3 Å². The van der Waals surface area contributed by atoms with E-state index in [4.69, 9.17) is 9.47 Å². The van der Waals surface area contributed by atoms with E-state index in [0.717, 1.165) is 0 Å². The minimum atomic E-state index is -0.917. The van der Waals surface area contributed by atoms with Gasteiger partial charge in [-0.1, -0.05) is 13.2 Å². The molecule has 0 aromatic rings. The van der Waals surface area contributed by atoms with E-state index in [9.17, 15) is 9.90 Å². The van der Waals surface area contributed by atoms with Crippen molar-refractivity contribution in [3.8, 4) is 0 Å². The molecule has 0 aromatic carbocycles. The molecule has 0 fully saturated rings. The predicted octanol–water partition coefficient (Wildman–Crippen LogP) is 0.842. The minimum absolute atomic E-state index is 0.0357. The number of aliphatic hydroxyl groups is 1. The summed E-state index contributed by atoms with van der Waals surface area (Å²) in [5.74, 6) is -0.109. The van der Waals surface area contributed by atoms with Gasteiger partial charge in [-0.05, 0) is 13.8 Å². The van der Waals surface area contributed by atoms with Crippen LogP contribution in [0, 0.1) is 0 Å². The Balaban J connectivity index is 2.69. The van der Waals surface area contributed by atoms with Gasteiger partial charge >= 0.3 is 5.97 Å². The molecule has 1 aliphatic heterocycles. The van der Waals surface area contributed by atoms with Crippen molar-refractivity contribution in [1.82, 2.24) is 0 Å². The Morgan fingerprint density at radius 2 is 2.24 bits per heavy atom. The molecule has 17 heavy (non-hydrogen) atoms. The number of nitrogens with zero attached hydrogens (tertiary/aromatic N) is 1. The molecule has 0 amide bonds. The van der Waals surface area contributed by atoms with Crippen molar-refractivity contribution in [3.63, 3.8) is 0 Å². The third kappa shape index (κ3) is 3.17. The fourth-order valence-corrected chi connectivity index (χ4v) is 1.22. The fraction of sp³-hybridized carbons (Fsp3) is 0.500. The van der Waals surface area contributed by atoms with Crippen LogP contribution in [0.3, 0.4) is 0 Å². The van der Waals surface area contributed by atoms with Gasteiger partial charge < -0.3 is 14.6 Å². The normalized spacial score (nSPS) is 22.6. The number of hydrogen-bond donors (Lipinski definition) is 1. The van der Waals surface area contributed by atoms with Gasteiger partial charge in [-0.15, -0.1) is 0 Å². The van der Waals surface area contributed by atoms with Crippen LogP contribution < -0.4 is 0 Å². The Bertz CT molecular complexity index is 386. The van der Waals surface area contributed by atoms with Crippen molar-refractivity contribution < 1.29 is 19.4 Å². The van der Waals surface area contributed by atoms with Gasteiger partial charge in [0.25, 0.3) is 0 Å². The van der Waals surface area contributed by atoms with Gasteiger partial charge in [-0.25, -0.2) is 9.79 Å². The standard InChI is InChI=1S/C12H17NO4/c1-8(2)10-13-12(5-14,6-16-10)7-17-11(15)9(3)4/h14H,1,3,5-7H2,2,4H3. The van der Waals surface area contributed by atoms with Crippen molar-refractivity contribution in [2.75, 3.05) is 19.8 Å². The quantitative estimate of drug-likeness (QED) is 0.570. The molecule has 0 bridgehead atoms. The van der Waals surface area contributed by atoms with Crippen LogP contribution in [0.1, 0.15) is 13.8 Å². The van der Waals surface area contributed by atoms with Crippen LogP contribution in [0.2, 0.25) is 0 Å². The number of aliphatic imine (C=N–C) groups is 1. The van der Waals surface area contributed by atoms with E-state index >= 15 is 0 Å². The molecule has 0 radical (unpaired) electrons. The van der Waals surface area contributed by atoms with Crippen molar-refractivity contribution in [1.29, 1.82) is 0 Å². The van der Waals surface area contributed by atoms with E-state index in [1.807, 2.05) is 0 Å². The third-order valence-electron chi connectivity index (χ3n) is 2.30. The molecule has 1 atom stereocenters. The SMILES string of the molecule is C=C(C)C(=O)OCC1(CO)COC(C(=C)C)=N1. The summed E-state index contributed by atoms with van der Waals surface area (Å²) in [5, 5.41) is 9.34. The summed E-state index contributed by atoms with van der Waals surface area (Å²) in [5.41, 5.74) is 0.0620. The van der Waals surface area contributed by atoms with Gasteiger partial charge in [0.15, 0.2) is 5.54 Å². The highest BCUT2D eigenvalue weighted by Crippen LogP contribution is 2.21. The summed E-state index contributed by atoms with van der Waals surface area (Å²) in [7, 11) is 0. The summed E-state index contributed by atoms with van der Waals surface area (Å²) < 4.78 is 10.3. The smallest absolute Gasteiger partial charge is 0.333 e. The van der Waals surface area contributed by atoms with Crippen molar-refractivity contribution in [3.05, 3.63) is 24.3 Å². The van der Waals surface area contributed by atoms with Crippen molar-refractivity contribution in [2.45, 2.75) is 19.4 Å². The van der Waals surface area contributed by atoms with Crippen molar-refractivity contribution >= 4 is 11.9 Å². The summed E-state index contributed by atoms with van der Waals surface area (Å²) >= 11 is 0. The third-order valence-corrected chi connectivity index (χ3v) is 2.30. The maximum absolute atomic E-state index is 11.3. The monoisotopic (exact) mass is 239 g/mol. The molecule has 0 spiro atoms. The number of aliphatic hydroxyl groups excluding tert-OH is 1. The van der Waals surface area contributed by atoms with E-state index in [1.54, 1.807) is 13.8 Å². The van der Waals surface area contributed by atoms with E-state index in [1.165, 1.54) is 0 Å². The minimum Gasteiger partial charge on any atom is -0.475 e. The molecule has 1 aliphatic rings. The Morgan fingerprint density at radius 3 is 2.65 bits per heavy atom. The predicted molar refractivity (Wildman–Crippen MR) is 63.8 cm³/mol. The lowest BCUT2D eigenvalue weighted by atomic mass is 10.1. The van der Waals surface area contributed by atoms with Gasteiger partial charge in [0.05, 0.1) is 6.61 Å². The van der Waals surface area contributed by atoms with Crippen LogP contribution in [-0.4, -0.2) is 42.3 Å². The number of carbonyl (C=O) groups is 1. The number of ether oxygens (including phenoxy) is 2. The number of carbonyl (C=O) groups excluding carboxylic acids is 1. The molecule has 1 heterocycles. The Labute approximate surface area is 100 Å². The summed E-state index contributed by atoms with van der Waals surface area (Å²) in [6.45, 7) is 10.4. The van der Waals surface area contributed by atoms with Gasteiger partial charge in [0, 0.05) is 11.1 Å². The fourth-order valence-electron chi connectivity index (χ4n) is 1.22. The lowest BCUT2D eigenvalue weighted by molar-refractivity contribution is -0.141. The van der Waals surface area contributed by atoms with Gasteiger partial charge in [-0.3, -0.25) is 0 Å².